The van der Waals surface area contributed by atoms with Crippen molar-refractivity contribution in [3.8, 4) is 0 Å². The first kappa shape index (κ1) is 19.4. The van der Waals surface area contributed by atoms with E-state index in [0.29, 0.717) is 21.6 Å². The zero-order chi connectivity index (χ0) is 19.6. The van der Waals surface area contributed by atoms with Crippen LogP contribution in [0.4, 0.5) is 13.2 Å². The molecule has 1 aromatic heterocycles. The van der Waals surface area contributed by atoms with E-state index in [9.17, 15) is 13.2 Å². The highest BCUT2D eigenvalue weighted by Gasteiger charge is 2.26. The minimum atomic E-state index is -2.49. The summed E-state index contributed by atoms with van der Waals surface area (Å²) in [6.45, 7) is 5.41. The molecule has 0 amide bonds. The number of aliphatic imine (C=N–C) groups is 1. The third-order valence-corrected chi connectivity index (χ3v) is 4.70. The molecule has 0 saturated heterocycles. The highest BCUT2D eigenvalue weighted by molar-refractivity contribution is 9.10. The van der Waals surface area contributed by atoms with Crippen molar-refractivity contribution in [3.63, 3.8) is 0 Å². The van der Waals surface area contributed by atoms with Crippen LogP contribution in [-0.2, 0) is 0 Å². The fourth-order valence-corrected chi connectivity index (χ4v) is 3.13. The van der Waals surface area contributed by atoms with Gasteiger partial charge in [0.2, 0.25) is 5.89 Å². The van der Waals surface area contributed by atoms with E-state index >= 15 is 0 Å². The van der Waals surface area contributed by atoms with Crippen LogP contribution in [0.25, 0.3) is 11.1 Å². The van der Waals surface area contributed by atoms with Crippen LogP contribution in [-0.4, -0.2) is 17.1 Å². The molecule has 0 N–H and O–H groups in total. The monoisotopic (exact) mass is 436 g/mol. The van der Waals surface area contributed by atoms with Crippen LogP contribution in [0.2, 0.25) is 0 Å². The molecule has 1 aromatic rings. The van der Waals surface area contributed by atoms with Gasteiger partial charge in [-0.15, -0.1) is 0 Å². The molecule has 2 aliphatic rings. The Morgan fingerprint density at radius 1 is 1.41 bits per heavy atom. The molecule has 140 valence electrons. The number of halogens is 4. The smallest absolute Gasteiger partial charge is 0.261 e. The summed E-state index contributed by atoms with van der Waals surface area (Å²) < 4.78 is 44.9. The molecule has 1 atom stereocenters. The lowest BCUT2D eigenvalue weighted by Gasteiger charge is -2.22. The summed E-state index contributed by atoms with van der Waals surface area (Å²) in [6, 6.07) is 0. The van der Waals surface area contributed by atoms with Crippen molar-refractivity contribution >= 4 is 32.8 Å². The summed E-state index contributed by atoms with van der Waals surface area (Å²) in [5.74, 6) is -0.314. The molecule has 0 bridgehead atoms. The topological polar surface area (TPSA) is 38.4 Å². The van der Waals surface area contributed by atoms with Gasteiger partial charge in [-0.05, 0) is 47.5 Å². The van der Waals surface area contributed by atoms with E-state index in [0.717, 1.165) is 5.57 Å². The van der Waals surface area contributed by atoms with Crippen LogP contribution in [0, 0.1) is 5.92 Å². The average Bonchev–Trinajstić information content (AvgIpc) is 3.06. The fourth-order valence-electron chi connectivity index (χ4n) is 2.66. The quantitative estimate of drug-likeness (QED) is 0.497. The highest BCUT2D eigenvalue weighted by Crippen LogP contribution is 2.34. The second-order valence-corrected chi connectivity index (χ2v) is 6.72. The third-order valence-electron chi connectivity index (χ3n) is 4.16. The number of aromatic nitrogens is 1. The second-order valence-electron chi connectivity index (χ2n) is 6.00. The number of oxazole rings is 1. The van der Waals surface area contributed by atoms with Gasteiger partial charge in [0.05, 0.1) is 0 Å². The zero-order valence-corrected chi connectivity index (χ0v) is 16.0. The van der Waals surface area contributed by atoms with E-state index in [1.54, 1.807) is 13.0 Å². The van der Waals surface area contributed by atoms with Crippen molar-refractivity contribution in [2.75, 3.05) is 0 Å². The largest absolute Gasteiger partial charge is 0.429 e. The predicted molar refractivity (Wildman–Crippen MR) is 104 cm³/mol. The predicted octanol–water partition coefficient (Wildman–Crippen LogP) is 6.44. The van der Waals surface area contributed by atoms with Crippen LogP contribution in [0.1, 0.15) is 24.9 Å². The van der Waals surface area contributed by atoms with Crippen LogP contribution < -0.4 is 0 Å². The maximum atomic E-state index is 13.2. The number of hydrogen-bond acceptors (Lipinski definition) is 3. The van der Waals surface area contributed by atoms with Crippen LogP contribution in [0.5, 0.6) is 0 Å². The Bertz CT molecular complexity index is 948. The maximum absolute atomic E-state index is 13.2. The lowest BCUT2D eigenvalue weighted by molar-refractivity contribution is 0.183. The van der Waals surface area contributed by atoms with E-state index in [2.05, 4.69) is 32.5 Å². The molecule has 0 aromatic carbocycles. The summed E-state index contributed by atoms with van der Waals surface area (Å²) in [7, 11) is 0. The molecule has 0 fully saturated rings. The Morgan fingerprint density at radius 2 is 2.19 bits per heavy atom. The van der Waals surface area contributed by atoms with Gasteiger partial charge in [-0.3, -0.25) is 4.99 Å². The maximum Gasteiger partial charge on any atom is 0.261 e. The summed E-state index contributed by atoms with van der Waals surface area (Å²) in [6.07, 6.45) is 8.50. The van der Waals surface area contributed by atoms with E-state index in [1.165, 1.54) is 24.4 Å². The van der Waals surface area contributed by atoms with Gasteiger partial charge in [-0.2, -0.15) is 0 Å². The lowest BCUT2D eigenvalue weighted by atomic mass is 9.87. The van der Waals surface area contributed by atoms with E-state index in [1.807, 2.05) is 12.2 Å². The second kappa shape index (κ2) is 8.08. The minimum absolute atomic E-state index is 0.0339. The van der Waals surface area contributed by atoms with Crippen molar-refractivity contribution in [1.29, 1.82) is 0 Å². The number of rotatable bonds is 5. The van der Waals surface area contributed by atoms with Gasteiger partial charge in [0.1, 0.15) is 11.5 Å². The summed E-state index contributed by atoms with van der Waals surface area (Å²) >= 11 is 3.33. The van der Waals surface area contributed by atoms with Crippen LogP contribution in [0.15, 0.2) is 74.7 Å². The Morgan fingerprint density at radius 3 is 2.89 bits per heavy atom. The van der Waals surface area contributed by atoms with Crippen molar-refractivity contribution in [2.45, 2.75) is 19.8 Å². The van der Waals surface area contributed by atoms with E-state index in [4.69, 9.17) is 4.42 Å². The van der Waals surface area contributed by atoms with E-state index in [-0.39, 0.29) is 23.8 Å². The Labute approximate surface area is 163 Å². The first-order valence-corrected chi connectivity index (χ1v) is 8.99. The van der Waals surface area contributed by atoms with E-state index < -0.39 is 12.3 Å². The number of hydrogen-bond donors (Lipinski definition) is 0. The molecule has 27 heavy (non-hydrogen) atoms. The number of fused-ring (bicyclic) bond motifs is 1. The summed E-state index contributed by atoms with van der Waals surface area (Å²) in [4.78, 5) is 8.56. The minimum Gasteiger partial charge on any atom is -0.429 e. The zero-order valence-electron chi connectivity index (χ0n) is 14.4. The first-order valence-electron chi connectivity index (χ1n) is 8.19. The van der Waals surface area contributed by atoms with Crippen molar-refractivity contribution in [3.05, 3.63) is 76.9 Å². The highest BCUT2D eigenvalue weighted by atomic mass is 79.9. The molecule has 7 heteroatoms. The first-order chi connectivity index (χ1) is 12.9. The van der Waals surface area contributed by atoms with Gasteiger partial charge in [0.15, 0.2) is 4.67 Å². The molecule has 1 aliphatic carbocycles. The third kappa shape index (κ3) is 4.30. The summed E-state index contributed by atoms with van der Waals surface area (Å²) in [5.41, 5.74) is 2.41. The van der Waals surface area contributed by atoms with Crippen LogP contribution >= 0.6 is 15.9 Å². The molecule has 1 unspecified atom stereocenters. The molecule has 0 spiro atoms. The molecule has 0 saturated carbocycles. The fraction of sp³-hybridized carbons (Fsp3) is 0.200. The number of allylic oxidation sites excluding steroid dienone is 10. The van der Waals surface area contributed by atoms with Gasteiger partial charge in [-0.25, -0.2) is 18.2 Å². The van der Waals surface area contributed by atoms with Crippen molar-refractivity contribution < 1.29 is 17.6 Å². The molecule has 2 heterocycles. The SMILES string of the molecule is C=C(/C=C\C(F)=C/C)c1nc(C2=CC3=NC=C(C(F)F)CC3C=C2)c(Br)o1. The van der Waals surface area contributed by atoms with Gasteiger partial charge in [-0.1, -0.05) is 24.8 Å². The summed E-state index contributed by atoms with van der Waals surface area (Å²) in [5, 5.41) is 0. The Kier molecular flexibility index (Phi) is 5.79. The molecule has 1 aliphatic heterocycles. The van der Waals surface area contributed by atoms with Crippen LogP contribution in [0.3, 0.4) is 0 Å². The molecular formula is C20H16BrF3N2O. The van der Waals surface area contributed by atoms with Crippen molar-refractivity contribution in [2.24, 2.45) is 10.9 Å². The number of nitrogens with zero attached hydrogens (tertiary/aromatic N) is 2. The van der Waals surface area contributed by atoms with Gasteiger partial charge in [0.25, 0.3) is 6.43 Å². The molecular weight excluding hydrogens is 421 g/mol. The molecule has 3 rings (SSSR count). The molecule has 0 radical (unpaired) electrons. The number of alkyl halides is 2. The Hall–Kier alpha value is -2.41. The lowest BCUT2D eigenvalue weighted by Crippen LogP contribution is -2.19. The molecule has 3 nitrogen and oxygen atoms in total. The normalized spacial score (nSPS) is 19.9. The Balaban J connectivity index is 1.86. The average molecular weight is 437 g/mol. The van der Waals surface area contributed by atoms with Gasteiger partial charge in [0, 0.05) is 34.5 Å². The van der Waals surface area contributed by atoms with Crippen molar-refractivity contribution in [1.82, 2.24) is 4.98 Å². The van der Waals surface area contributed by atoms with Gasteiger partial charge >= 0.3 is 0 Å². The van der Waals surface area contributed by atoms with Gasteiger partial charge < -0.3 is 4.42 Å². The standard InChI is InChI=1S/C20H16BrF3N2O/c1-3-15(22)7-4-11(2)20-26-17(18(21)27-20)13-6-5-12-8-14(19(23)24)10-25-16(12)9-13/h3-7,9-10,12,19H,2,8H2,1H3/b7-4-,15-3+.